The lowest BCUT2D eigenvalue weighted by atomic mass is 10.00. The van der Waals surface area contributed by atoms with Crippen molar-refractivity contribution in [2.45, 2.75) is 0 Å². The maximum absolute atomic E-state index is 13.1. The van der Waals surface area contributed by atoms with E-state index < -0.39 is 0 Å². The largest absolute Gasteiger partial charge is 0.383 e. The highest BCUT2D eigenvalue weighted by atomic mass is 35.5. The highest BCUT2D eigenvalue weighted by molar-refractivity contribution is 6.38. The average molecular weight is 560 g/mol. The molecule has 40 heavy (non-hydrogen) atoms. The molecule has 2 aliphatic heterocycles. The van der Waals surface area contributed by atoms with Gasteiger partial charge in [-0.25, -0.2) is 0 Å². The van der Waals surface area contributed by atoms with Gasteiger partial charge in [0.15, 0.2) is 0 Å². The van der Waals surface area contributed by atoms with Gasteiger partial charge in [-0.05, 0) is 42.0 Å². The number of piperazine rings is 1. The summed E-state index contributed by atoms with van der Waals surface area (Å²) in [5.41, 5.74) is 5.23. The van der Waals surface area contributed by atoms with Crippen molar-refractivity contribution in [2.24, 2.45) is 0 Å². The van der Waals surface area contributed by atoms with Crippen LogP contribution >= 0.6 is 11.6 Å². The minimum atomic E-state index is -0.190. The molecular formula is C31H34ClN5O3. The zero-order chi connectivity index (χ0) is 28.1. The fraction of sp³-hybridized carbons (Fsp3) is 0.290. The van der Waals surface area contributed by atoms with E-state index >= 15 is 0 Å². The summed E-state index contributed by atoms with van der Waals surface area (Å²) in [5.74, 6) is -0.138. The molecule has 2 aliphatic rings. The number of fused-ring (bicyclic) bond motifs is 1. The van der Waals surface area contributed by atoms with Crippen molar-refractivity contribution < 1.29 is 14.3 Å². The van der Waals surface area contributed by atoms with Crippen molar-refractivity contribution in [3.05, 3.63) is 88.9 Å². The number of carbonyl (C=O) groups excluding carboxylic acids is 2. The number of likely N-dealkylation sites (N-methyl/N-ethyl adjacent to an activating group) is 1. The third-order valence-corrected chi connectivity index (χ3v) is 7.61. The molecule has 208 valence electrons. The molecule has 2 heterocycles. The van der Waals surface area contributed by atoms with Crippen LogP contribution in [0.15, 0.2) is 72.8 Å². The van der Waals surface area contributed by atoms with Crippen molar-refractivity contribution in [3.63, 3.8) is 0 Å². The molecule has 2 amide bonds. The molecule has 3 aromatic rings. The van der Waals surface area contributed by atoms with E-state index in [1.54, 1.807) is 24.1 Å². The van der Waals surface area contributed by atoms with Crippen molar-refractivity contribution in [3.8, 4) is 0 Å². The normalized spacial score (nSPS) is 16.8. The summed E-state index contributed by atoms with van der Waals surface area (Å²) >= 11 is 6.16. The Labute approximate surface area is 240 Å². The summed E-state index contributed by atoms with van der Waals surface area (Å²) < 4.78 is 5.17. The topological polar surface area (TPSA) is 77.2 Å². The molecule has 0 bridgehead atoms. The summed E-state index contributed by atoms with van der Waals surface area (Å²) in [4.78, 5) is 32.4. The summed E-state index contributed by atoms with van der Waals surface area (Å²) in [6, 6.07) is 22.8. The third kappa shape index (κ3) is 6.37. The van der Waals surface area contributed by atoms with Crippen LogP contribution in [-0.4, -0.2) is 81.6 Å². The van der Waals surface area contributed by atoms with Gasteiger partial charge in [-0.1, -0.05) is 48.0 Å². The first-order valence-corrected chi connectivity index (χ1v) is 13.8. The van der Waals surface area contributed by atoms with Gasteiger partial charge in [-0.15, -0.1) is 0 Å². The van der Waals surface area contributed by atoms with Gasteiger partial charge in [0.05, 0.1) is 30.1 Å². The highest BCUT2D eigenvalue weighted by Gasteiger charge is 2.28. The summed E-state index contributed by atoms with van der Waals surface area (Å²) in [6.45, 7) is 5.65. The van der Waals surface area contributed by atoms with Crippen LogP contribution in [0.4, 0.5) is 17.1 Å². The fourth-order valence-corrected chi connectivity index (χ4v) is 5.19. The lowest BCUT2D eigenvalue weighted by Crippen LogP contribution is -2.50. The smallest absolute Gasteiger partial charge is 0.258 e. The Morgan fingerprint density at radius 1 is 1.00 bits per heavy atom. The molecule has 2 N–H and O–H groups in total. The van der Waals surface area contributed by atoms with Gasteiger partial charge in [0.2, 0.25) is 5.91 Å². The average Bonchev–Trinajstić information content (AvgIpc) is 3.30. The Kier molecular flexibility index (Phi) is 8.81. The molecular weight excluding hydrogens is 526 g/mol. The molecule has 1 fully saturated rings. The molecule has 1 saturated heterocycles. The maximum atomic E-state index is 13.1. The van der Waals surface area contributed by atoms with Crippen molar-refractivity contribution in [1.82, 2.24) is 9.80 Å². The van der Waals surface area contributed by atoms with Crippen LogP contribution in [0.1, 0.15) is 11.1 Å². The number of anilines is 3. The minimum absolute atomic E-state index is 0.0519. The Balaban J connectivity index is 1.30. The van der Waals surface area contributed by atoms with Gasteiger partial charge < -0.3 is 20.3 Å². The standard InChI is InChI=1S/C31H34ClN5O3/c1-35(28(38)21-37-16-14-36(15-17-37)18-19-40-2)25-11-9-24(10-12-25)33-30(22-6-4-3-5-7-22)29-26-13-8-23(32)20-27(26)34-31(29)39/h3-13,20,33H,14-19,21H2,1-2H3,(H,34,39). The molecule has 0 aromatic heterocycles. The van der Waals surface area contributed by atoms with Crippen LogP contribution < -0.4 is 15.5 Å². The van der Waals surface area contributed by atoms with E-state index in [1.807, 2.05) is 67.7 Å². The number of nitrogens with zero attached hydrogens (tertiary/aromatic N) is 3. The lowest BCUT2D eigenvalue weighted by Gasteiger charge is -2.34. The molecule has 9 heteroatoms. The minimum Gasteiger partial charge on any atom is -0.383 e. The van der Waals surface area contributed by atoms with Crippen LogP contribution in [0.2, 0.25) is 5.02 Å². The number of benzene rings is 3. The van der Waals surface area contributed by atoms with Crippen molar-refractivity contribution in [1.29, 1.82) is 0 Å². The molecule has 0 atom stereocenters. The first-order valence-electron chi connectivity index (χ1n) is 13.4. The van der Waals surface area contributed by atoms with E-state index in [-0.39, 0.29) is 11.8 Å². The number of halogens is 1. The monoisotopic (exact) mass is 559 g/mol. The van der Waals surface area contributed by atoms with Crippen LogP contribution in [0.3, 0.4) is 0 Å². The first-order chi connectivity index (χ1) is 19.4. The Morgan fingerprint density at radius 3 is 2.40 bits per heavy atom. The van der Waals surface area contributed by atoms with Gasteiger partial charge >= 0.3 is 0 Å². The number of hydrogen-bond donors (Lipinski definition) is 2. The van der Waals surface area contributed by atoms with Gasteiger partial charge in [-0.2, -0.15) is 0 Å². The van der Waals surface area contributed by atoms with Crippen LogP contribution in [-0.2, 0) is 14.3 Å². The third-order valence-electron chi connectivity index (χ3n) is 7.37. The predicted octanol–water partition coefficient (Wildman–Crippen LogP) is 4.50. The first kappa shape index (κ1) is 27.9. The van der Waals surface area contributed by atoms with Crippen LogP contribution in [0.5, 0.6) is 0 Å². The fourth-order valence-electron chi connectivity index (χ4n) is 5.02. The van der Waals surface area contributed by atoms with Crippen LogP contribution in [0.25, 0.3) is 11.3 Å². The zero-order valence-corrected chi connectivity index (χ0v) is 23.6. The SMILES string of the molecule is COCCN1CCN(CC(=O)N(C)c2ccc(NC(=C3C(=O)Nc4cc(Cl)ccc43)c3ccccc3)cc2)CC1. The molecule has 0 saturated carbocycles. The second kappa shape index (κ2) is 12.7. The van der Waals surface area contributed by atoms with E-state index in [0.29, 0.717) is 28.5 Å². The van der Waals surface area contributed by atoms with Crippen molar-refractivity contribution >= 4 is 51.7 Å². The molecule has 8 nitrogen and oxygen atoms in total. The van der Waals surface area contributed by atoms with Gasteiger partial charge in [0.25, 0.3) is 5.91 Å². The van der Waals surface area contributed by atoms with E-state index in [1.165, 1.54) is 0 Å². The van der Waals surface area contributed by atoms with E-state index in [0.717, 1.165) is 61.8 Å². The maximum Gasteiger partial charge on any atom is 0.258 e. The number of nitrogens with one attached hydrogen (secondary N) is 2. The van der Waals surface area contributed by atoms with E-state index in [4.69, 9.17) is 16.3 Å². The van der Waals surface area contributed by atoms with Crippen LogP contribution in [0, 0.1) is 0 Å². The number of methoxy groups -OCH3 is 1. The number of rotatable bonds is 9. The molecule has 0 unspecified atom stereocenters. The van der Waals surface area contributed by atoms with Gasteiger partial charge in [-0.3, -0.25) is 19.4 Å². The lowest BCUT2D eigenvalue weighted by molar-refractivity contribution is -0.120. The summed E-state index contributed by atoms with van der Waals surface area (Å²) in [6.07, 6.45) is 0. The van der Waals surface area contributed by atoms with Gasteiger partial charge in [0, 0.05) is 68.8 Å². The second-order valence-electron chi connectivity index (χ2n) is 10.00. The number of amides is 2. The highest BCUT2D eigenvalue weighted by Crippen LogP contribution is 2.38. The number of ether oxygens (including phenoxy) is 1. The Morgan fingerprint density at radius 2 is 1.70 bits per heavy atom. The van der Waals surface area contributed by atoms with E-state index in [2.05, 4.69) is 20.4 Å². The summed E-state index contributed by atoms with van der Waals surface area (Å²) in [7, 11) is 3.53. The molecule has 0 radical (unpaired) electrons. The Hall–Kier alpha value is -3.69. The molecule has 0 spiro atoms. The van der Waals surface area contributed by atoms with E-state index in [9.17, 15) is 9.59 Å². The molecule has 0 aliphatic carbocycles. The number of hydrogen-bond acceptors (Lipinski definition) is 6. The quantitative estimate of drug-likeness (QED) is 0.376. The molecule has 5 rings (SSSR count). The summed E-state index contributed by atoms with van der Waals surface area (Å²) in [5, 5.41) is 6.95. The molecule has 3 aromatic carbocycles. The zero-order valence-electron chi connectivity index (χ0n) is 22.8. The second-order valence-corrected chi connectivity index (χ2v) is 10.4. The number of carbonyl (C=O) groups is 2. The predicted molar refractivity (Wildman–Crippen MR) is 162 cm³/mol. The Bertz CT molecular complexity index is 1390. The van der Waals surface area contributed by atoms with Gasteiger partial charge in [0.1, 0.15) is 0 Å². The van der Waals surface area contributed by atoms with Crippen molar-refractivity contribution in [2.75, 3.05) is 75.6 Å².